The summed E-state index contributed by atoms with van der Waals surface area (Å²) < 4.78 is 0. The summed E-state index contributed by atoms with van der Waals surface area (Å²) in [4.78, 5) is 2.72. The molecule has 1 aliphatic heterocycles. The van der Waals surface area contributed by atoms with E-state index in [0.29, 0.717) is 6.04 Å². The van der Waals surface area contributed by atoms with Crippen LogP contribution in [0.15, 0.2) is 66.2 Å². The van der Waals surface area contributed by atoms with Crippen LogP contribution < -0.4 is 0 Å². The molecule has 1 nitrogen and oxygen atoms in total. The number of allylic oxidation sites excluding steroid dienone is 1. The molecule has 0 bridgehead atoms. The van der Waals surface area contributed by atoms with Gasteiger partial charge in [-0.2, -0.15) is 0 Å². The highest BCUT2D eigenvalue weighted by Gasteiger charge is 2.30. The highest BCUT2D eigenvalue weighted by atomic mass is 15.2. The summed E-state index contributed by atoms with van der Waals surface area (Å²) >= 11 is 0. The maximum absolute atomic E-state index is 2.72. The molecule has 0 saturated carbocycles. The van der Waals surface area contributed by atoms with Gasteiger partial charge < -0.3 is 0 Å². The average Bonchev–Trinajstić information content (AvgIpc) is 2.68. The van der Waals surface area contributed by atoms with E-state index in [-0.39, 0.29) is 5.41 Å². The number of hydrogen-bond acceptors (Lipinski definition) is 1. The van der Waals surface area contributed by atoms with Gasteiger partial charge in [0, 0.05) is 6.04 Å². The molecule has 150 valence electrons. The van der Waals surface area contributed by atoms with E-state index in [9.17, 15) is 0 Å². The van der Waals surface area contributed by atoms with Crippen LogP contribution in [0.4, 0.5) is 0 Å². The minimum absolute atomic E-state index is 0.167. The molecule has 2 aromatic carbocycles. The van der Waals surface area contributed by atoms with Crippen molar-refractivity contribution in [2.75, 3.05) is 13.1 Å². The SMILES string of the molecule is CC(C)=CC(CC(C)(C)c1ccc(C)cc1)N1CCC(c2ccccc2)CC1. The molecule has 0 aliphatic carbocycles. The van der Waals surface area contributed by atoms with Crippen molar-refractivity contribution in [1.29, 1.82) is 0 Å². The number of rotatable bonds is 6. The van der Waals surface area contributed by atoms with Gasteiger partial charge in [0.15, 0.2) is 0 Å². The van der Waals surface area contributed by atoms with Gasteiger partial charge >= 0.3 is 0 Å². The quantitative estimate of drug-likeness (QED) is 0.498. The molecule has 1 heteroatoms. The van der Waals surface area contributed by atoms with Crippen molar-refractivity contribution in [3.05, 3.63) is 82.9 Å². The lowest BCUT2D eigenvalue weighted by Crippen LogP contribution is -2.43. The van der Waals surface area contributed by atoms with E-state index < -0.39 is 0 Å². The van der Waals surface area contributed by atoms with E-state index in [1.165, 1.54) is 48.2 Å². The Bertz CT molecular complexity index is 758. The lowest BCUT2D eigenvalue weighted by Gasteiger charge is -2.40. The second-order valence-electron chi connectivity index (χ2n) is 9.49. The van der Waals surface area contributed by atoms with Crippen molar-refractivity contribution < 1.29 is 0 Å². The van der Waals surface area contributed by atoms with Crippen molar-refractivity contribution in [2.24, 2.45) is 0 Å². The third kappa shape index (κ3) is 5.35. The van der Waals surface area contributed by atoms with E-state index in [1.54, 1.807) is 0 Å². The highest BCUT2D eigenvalue weighted by molar-refractivity contribution is 5.28. The summed E-state index contributed by atoms with van der Waals surface area (Å²) in [5.74, 6) is 0.718. The van der Waals surface area contributed by atoms with Crippen LogP contribution in [0.3, 0.4) is 0 Å². The van der Waals surface area contributed by atoms with Gasteiger partial charge in [0.1, 0.15) is 0 Å². The summed E-state index contributed by atoms with van der Waals surface area (Å²) in [6.07, 6.45) is 6.19. The fraction of sp³-hybridized carbons (Fsp3) is 0.481. The normalized spacial score (nSPS) is 17.3. The first-order valence-corrected chi connectivity index (χ1v) is 10.9. The van der Waals surface area contributed by atoms with Crippen LogP contribution in [0.1, 0.15) is 69.6 Å². The molecule has 0 radical (unpaired) electrons. The Kier molecular flexibility index (Phi) is 6.78. The molecule has 1 unspecified atom stereocenters. The van der Waals surface area contributed by atoms with Crippen LogP contribution in [0, 0.1) is 6.92 Å². The zero-order valence-corrected chi connectivity index (χ0v) is 18.4. The van der Waals surface area contributed by atoms with Crippen LogP contribution in [0.2, 0.25) is 0 Å². The Labute approximate surface area is 172 Å². The second kappa shape index (κ2) is 9.09. The van der Waals surface area contributed by atoms with E-state index in [4.69, 9.17) is 0 Å². The molecular formula is C27H37N. The van der Waals surface area contributed by atoms with Crippen molar-refractivity contribution in [3.63, 3.8) is 0 Å². The number of aryl methyl sites for hydroxylation is 1. The number of hydrogen-bond donors (Lipinski definition) is 0. The molecule has 28 heavy (non-hydrogen) atoms. The summed E-state index contributed by atoms with van der Waals surface area (Å²) in [6, 6.07) is 20.7. The van der Waals surface area contributed by atoms with E-state index >= 15 is 0 Å². The molecule has 1 atom stereocenters. The number of piperidine rings is 1. The van der Waals surface area contributed by atoms with Crippen molar-refractivity contribution in [3.8, 4) is 0 Å². The van der Waals surface area contributed by atoms with Gasteiger partial charge in [-0.05, 0) is 75.6 Å². The summed E-state index contributed by atoms with van der Waals surface area (Å²) in [5, 5.41) is 0. The van der Waals surface area contributed by atoms with Crippen LogP contribution in [-0.2, 0) is 5.41 Å². The van der Waals surface area contributed by atoms with Gasteiger partial charge in [-0.1, -0.05) is 85.7 Å². The Hall–Kier alpha value is -1.86. The maximum atomic E-state index is 2.72. The fourth-order valence-electron chi connectivity index (χ4n) is 4.61. The molecule has 2 aromatic rings. The van der Waals surface area contributed by atoms with E-state index in [0.717, 1.165) is 12.3 Å². The summed E-state index contributed by atoms with van der Waals surface area (Å²) in [5.41, 5.74) is 5.89. The van der Waals surface area contributed by atoms with Crippen LogP contribution in [0.5, 0.6) is 0 Å². The van der Waals surface area contributed by atoms with Crippen molar-refractivity contribution in [1.82, 2.24) is 4.90 Å². The molecule has 0 spiro atoms. The molecule has 0 N–H and O–H groups in total. The summed E-state index contributed by atoms with van der Waals surface area (Å²) in [6.45, 7) is 13.8. The molecule has 0 amide bonds. The van der Waals surface area contributed by atoms with Gasteiger partial charge in [-0.3, -0.25) is 4.90 Å². The minimum atomic E-state index is 0.167. The third-order valence-electron chi connectivity index (χ3n) is 6.35. The minimum Gasteiger partial charge on any atom is -0.297 e. The smallest absolute Gasteiger partial charge is 0.0288 e. The molecule has 1 saturated heterocycles. The molecule has 1 fully saturated rings. The molecule has 1 aliphatic rings. The number of nitrogens with zero attached hydrogens (tertiary/aromatic N) is 1. The molecule has 1 heterocycles. The van der Waals surface area contributed by atoms with E-state index in [2.05, 4.69) is 100 Å². The highest BCUT2D eigenvalue weighted by Crippen LogP contribution is 2.34. The zero-order valence-electron chi connectivity index (χ0n) is 18.4. The topological polar surface area (TPSA) is 3.24 Å². The Morgan fingerprint density at radius 2 is 1.61 bits per heavy atom. The Balaban J connectivity index is 1.70. The lowest BCUT2D eigenvalue weighted by atomic mass is 9.77. The largest absolute Gasteiger partial charge is 0.297 e. The van der Waals surface area contributed by atoms with Crippen molar-refractivity contribution >= 4 is 0 Å². The lowest BCUT2D eigenvalue weighted by molar-refractivity contribution is 0.155. The first-order valence-electron chi connectivity index (χ1n) is 10.9. The van der Waals surface area contributed by atoms with Gasteiger partial charge in [-0.15, -0.1) is 0 Å². The molecular weight excluding hydrogens is 338 g/mol. The van der Waals surface area contributed by atoms with E-state index in [1.807, 2.05) is 0 Å². The number of likely N-dealkylation sites (tertiary alicyclic amines) is 1. The standard InChI is InChI=1S/C27H37N/c1-21(2)19-26(20-27(4,5)25-13-11-22(3)12-14-25)28-17-15-24(16-18-28)23-9-7-6-8-10-23/h6-14,19,24,26H,15-18,20H2,1-5H3. The Morgan fingerprint density at radius 1 is 1.00 bits per heavy atom. The van der Waals surface area contributed by atoms with Gasteiger partial charge in [0.2, 0.25) is 0 Å². The zero-order chi connectivity index (χ0) is 20.1. The predicted molar refractivity (Wildman–Crippen MR) is 122 cm³/mol. The maximum Gasteiger partial charge on any atom is 0.0288 e. The van der Waals surface area contributed by atoms with Gasteiger partial charge in [-0.25, -0.2) is 0 Å². The first kappa shape index (κ1) is 20.9. The monoisotopic (exact) mass is 375 g/mol. The van der Waals surface area contributed by atoms with Crippen molar-refractivity contribution in [2.45, 2.75) is 71.3 Å². The summed E-state index contributed by atoms with van der Waals surface area (Å²) in [7, 11) is 0. The third-order valence-corrected chi connectivity index (χ3v) is 6.35. The Morgan fingerprint density at radius 3 is 2.18 bits per heavy atom. The second-order valence-corrected chi connectivity index (χ2v) is 9.49. The number of benzene rings is 2. The van der Waals surface area contributed by atoms with Crippen LogP contribution in [0.25, 0.3) is 0 Å². The average molecular weight is 376 g/mol. The fourth-order valence-corrected chi connectivity index (χ4v) is 4.61. The van der Waals surface area contributed by atoms with Gasteiger partial charge in [0.25, 0.3) is 0 Å². The molecule has 3 rings (SSSR count). The molecule has 0 aromatic heterocycles. The van der Waals surface area contributed by atoms with Crippen LogP contribution >= 0.6 is 0 Å². The predicted octanol–water partition coefficient (Wildman–Crippen LogP) is 6.88. The first-order chi connectivity index (χ1) is 13.3. The van der Waals surface area contributed by atoms with Crippen LogP contribution in [-0.4, -0.2) is 24.0 Å². The van der Waals surface area contributed by atoms with Gasteiger partial charge in [0.05, 0.1) is 0 Å².